The Morgan fingerprint density at radius 3 is 1.22 bits per heavy atom. The third-order valence-corrected chi connectivity index (χ3v) is 2.37. The van der Waals surface area contributed by atoms with Crippen LogP contribution in [0.2, 0.25) is 0 Å². The molecule has 0 N–H and O–H groups in total. The van der Waals surface area contributed by atoms with Gasteiger partial charge < -0.3 is 0 Å². The summed E-state index contributed by atoms with van der Waals surface area (Å²) in [6.07, 6.45) is 0. The van der Waals surface area contributed by atoms with E-state index in [-0.39, 0.29) is 0 Å². The monoisotopic (exact) mass is 128 g/mol. The average molecular weight is 128 g/mol. The molecule has 0 spiro atoms. The Morgan fingerprint density at radius 2 is 1.22 bits per heavy atom. The molecule has 0 saturated heterocycles. The van der Waals surface area contributed by atoms with Crippen LogP contribution >= 0.6 is 0 Å². The predicted octanol–water partition coefficient (Wildman–Crippen LogP) is 3.32. The van der Waals surface area contributed by atoms with Gasteiger partial charge in [0.2, 0.25) is 0 Å². The van der Waals surface area contributed by atoms with Crippen LogP contribution in [0.3, 0.4) is 0 Å². The third-order valence-electron chi connectivity index (χ3n) is 2.37. The minimum atomic E-state index is 0.480. The molecule has 0 bridgehead atoms. The van der Waals surface area contributed by atoms with Gasteiger partial charge in [-0.25, -0.2) is 0 Å². The molecule has 0 radical (unpaired) electrons. The molecule has 0 aromatic heterocycles. The summed E-state index contributed by atoms with van der Waals surface area (Å²) in [6.45, 7) is 13.8. The van der Waals surface area contributed by atoms with Crippen LogP contribution in [0, 0.1) is 17.3 Å². The van der Waals surface area contributed by atoms with Crippen LogP contribution in [0.15, 0.2) is 0 Å². The summed E-state index contributed by atoms with van der Waals surface area (Å²) < 4.78 is 0. The smallest absolute Gasteiger partial charge is 0.0354 e. The summed E-state index contributed by atoms with van der Waals surface area (Å²) in [5, 5.41) is 0. The molecule has 0 aromatic carbocycles. The highest BCUT2D eigenvalue weighted by Gasteiger charge is 2.22. The van der Waals surface area contributed by atoms with Gasteiger partial charge in [0.15, 0.2) is 0 Å². The Bertz CT molecular complexity index is 74.5. The molecule has 0 saturated carbocycles. The van der Waals surface area contributed by atoms with Crippen molar-refractivity contribution in [1.82, 2.24) is 0 Å². The second kappa shape index (κ2) is 2.72. The van der Waals surface area contributed by atoms with E-state index in [0.29, 0.717) is 5.41 Å². The van der Waals surface area contributed by atoms with Gasteiger partial charge in [-0.1, -0.05) is 41.5 Å². The first-order chi connectivity index (χ1) is 3.85. The molecular formula is C9H20. The predicted molar refractivity (Wildman–Crippen MR) is 43.5 cm³/mol. The van der Waals surface area contributed by atoms with Gasteiger partial charge in [-0.3, -0.25) is 0 Å². The molecule has 1 atom stereocenters. The normalized spacial score (nSPS) is 16.3. The minimum Gasteiger partial charge on any atom is -0.0625 e. The molecule has 0 rings (SSSR count). The molecule has 0 fully saturated rings. The summed E-state index contributed by atoms with van der Waals surface area (Å²) in [5.74, 6) is 1.63. The van der Waals surface area contributed by atoms with Crippen molar-refractivity contribution in [3.8, 4) is 0 Å². The number of rotatable bonds is 1. The van der Waals surface area contributed by atoms with Crippen molar-refractivity contribution in [3.63, 3.8) is 0 Å². The second-order valence-electron chi connectivity index (χ2n) is 4.40. The fraction of sp³-hybridized carbons (Fsp3) is 1.00. The summed E-state index contributed by atoms with van der Waals surface area (Å²) in [7, 11) is 0. The third kappa shape index (κ3) is 2.88. The van der Waals surface area contributed by atoms with E-state index in [1.54, 1.807) is 0 Å². The summed E-state index contributed by atoms with van der Waals surface area (Å²) in [5.41, 5.74) is 0.480. The van der Waals surface area contributed by atoms with Crippen LogP contribution in [-0.4, -0.2) is 0 Å². The van der Waals surface area contributed by atoms with E-state index >= 15 is 0 Å². The fourth-order valence-corrected chi connectivity index (χ4v) is 1.00. The topological polar surface area (TPSA) is 0 Å². The molecule has 0 heterocycles. The molecule has 0 nitrogen and oxygen atoms in total. The molecule has 9 heavy (non-hydrogen) atoms. The van der Waals surface area contributed by atoms with E-state index in [1.165, 1.54) is 0 Å². The van der Waals surface area contributed by atoms with Gasteiger partial charge in [0, 0.05) is 0 Å². The zero-order chi connectivity index (χ0) is 7.65. The van der Waals surface area contributed by atoms with Crippen molar-refractivity contribution in [2.45, 2.75) is 41.5 Å². The van der Waals surface area contributed by atoms with E-state index in [9.17, 15) is 0 Å². The Morgan fingerprint density at radius 1 is 0.889 bits per heavy atom. The van der Waals surface area contributed by atoms with Gasteiger partial charge in [0.05, 0.1) is 0 Å². The standard InChI is InChI=1S/C9H20/c1-7(2)8(3)9(4,5)6/h7-8H,1-6H3. The van der Waals surface area contributed by atoms with Gasteiger partial charge in [0.25, 0.3) is 0 Å². The lowest BCUT2D eigenvalue weighted by atomic mass is 9.76. The first kappa shape index (κ1) is 9.00. The highest BCUT2D eigenvalue weighted by Crippen LogP contribution is 2.30. The van der Waals surface area contributed by atoms with Gasteiger partial charge in [-0.2, -0.15) is 0 Å². The lowest BCUT2D eigenvalue weighted by molar-refractivity contribution is 0.199. The molecule has 0 aliphatic rings. The van der Waals surface area contributed by atoms with Crippen molar-refractivity contribution in [2.75, 3.05) is 0 Å². The first-order valence-corrected chi connectivity index (χ1v) is 3.85. The summed E-state index contributed by atoms with van der Waals surface area (Å²) in [6, 6.07) is 0. The van der Waals surface area contributed by atoms with Gasteiger partial charge in [-0.15, -0.1) is 0 Å². The van der Waals surface area contributed by atoms with Crippen molar-refractivity contribution < 1.29 is 0 Å². The maximum atomic E-state index is 2.32. The maximum Gasteiger partial charge on any atom is -0.0354 e. The first-order valence-electron chi connectivity index (χ1n) is 3.85. The molecular weight excluding hydrogens is 108 g/mol. The molecule has 56 valence electrons. The lowest BCUT2D eigenvalue weighted by Crippen LogP contribution is -2.21. The SMILES string of the molecule is CC(C)C(C)C(C)(C)C. The van der Waals surface area contributed by atoms with Gasteiger partial charge >= 0.3 is 0 Å². The molecule has 0 heteroatoms. The Balaban J connectivity index is 3.88. The van der Waals surface area contributed by atoms with Crippen LogP contribution in [0.5, 0.6) is 0 Å². The molecule has 0 aliphatic heterocycles. The largest absolute Gasteiger partial charge is 0.0625 e. The molecule has 0 amide bonds. The molecule has 1 unspecified atom stereocenters. The van der Waals surface area contributed by atoms with Gasteiger partial charge in [0.1, 0.15) is 0 Å². The Kier molecular flexibility index (Phi) is 2.72. The molecule has 0 aliphatic carbocycles. The van der Waals surface area contributed by atoms with E-state index < -0.39 is 0 Å². The lowest BCUT2D eigenvalue weighted by Gasteiger charge is -2.30. The zero-order valence-corrected chi connectivity index (χ0v) is 7.65. The minimum absolute atomic E-state index is 0.480. The Hall–Kier alpha value is 0. The summed E-state index contributed by atoms with van der Waals surface area (Å²) >= 11 is 0. The second-order valence-corrected chi connectivity index (χ2v) is 4.40. The number of hydrogen-bond donors (Lipinski definition) is 0. The van der Waals surface area contributed by atoms with Crippen molar-refractivity contribution in [1.29, 1.82) is 0 Å². The van der Waals surface area contributed by atoms with Crippen LogP contribution in [0.4, 0.5) is 0 Å². The van der Waals surface area contributed by atoms with Crippen LogP contribution in [-0.2, 0) is 0 Å². The zero-order valence-electron chi connectivity index (χ0n) is 7.65. The molecule has 0 aromatic rings. The van der Waals surface area contributed by atoms with E-state index in [2.05, 4.69) is 41.5 Å². The van der Waals surface area contributed by atoms with Crippen LogP contribution < -0.4 is 0 Å². The van der Waals surface area contributed by atoms with Crippen molar-refractivity contribution in [2.24, 2.45) is 17.3 Å². The maximum absolute atomic E-state index is 2.32. The average Bonchev–Trinajstić information content (AvgIpc) is 1.62. The van der Waals surface area contributed by atoms with Crippen LogP contribution in [0.25, 0.3) is 0 Å². The van der Waals surface area contributed by atoms with E-state index in [0.717, 1.165) is 11.8 Å². The Labute approximate surface area is 59.7 Å². The van der Waals surface area contributed by atoms with E-state index in [1.807, 2.05) is 0 Å². The van der Waals surface area contributed by atoms with Crippen LogP contribution in [0.1, 0.15) is 41.5 Å². The summed E-state index contributed by atoms with van der Waals surface area (Å²) in [4.78, 5) is 0. The van der Waals surface area contributed by atoms with Gasteiger partial charge in [-0.05, 0) is 17.3 Å². The van der Waals surface area contributed by atoms with Crippen molar-refractivity contribution in [3.05, 3.63) is 0 Å². The number of hydrogen-bond acceptors (Lipinski definition) is 0. The highest BCUT2D eigenvalue weighted by atomic mass is 14.3. The highest BCUT2D eigenvalue weighted by molar-refractivity contribution is 4.71. The van der Waals surface area contributed by atoms with E-state index in [4.69, 9.17) is 0 Å². The fourth-order valence-electron chi connectivity index (χ4n) is 1.00. The quantitative estimate of drug-likeness (QED) is 0.508. The van der Waals surface area contributed by atoms with Crippen molar-refractivity contribution >= 4 is 0 Å².